The van der Waals surface area contributed by atoms with Gasteiger partial charge in [-0.25, -0.2) is 14.4 Å². The number of nitrogens with one attached hydrogen (secondary N) is 3. The molecule has 10 nitrogen and oxygen atoms in total. The molecule has 3 heterocycles. The van der Waals surface area contributed by atoms with Gasteiger partial charge >= 0.3 is 0 Å². The number of aromatic nitrogens is 4. The number of hydrogen-bond donors (Lipinski definition) is 3. The first-order chi connectivity index (χ1) is 20.6. The van der Waals surface area contributed by atoms with Gasteiger partial charge in [-0.3, -0.25) is 14.4 Å². The Hall–Kier alpha value is -5.16. The summed E-state index contributed by atoms with van der Waals surface area (Å²) in [6, 6.07) is 16.1. The molecule has 3 aromatic heterocycles. The van der Waals surface area contributed by atoms with Crippen molar-refractivity contribution in [2.24, 2.45) is 0 Å². The molecule has 0 spiro atoms. The highest BCUT2D eigenvalue weighted by atomic mass is 19.1. The Labute approximate surface area is 247 Å². The Balaban J connectivity index is 1.64. The van der Waals surface area contributed by atoms with E-state index in [2.05, 4.69) is 25.9 Å². The molecule has 0 aliphatic carbocycles. The van der Waals surface area contributed by atoms with Crippen LogP contribution in [-0.4, -0.2) is 51.1 Å². The van der Waals surface area contributed by atoms with Crippen LogP contribution in [0.1, 0.15) is 34.4 Å². The second-order valence-electron chi connectivity index (χ2n) is 10.3. The Morgan fingerprint density at radius 3 is 2.53 bits per heavy atom. The van der Waals surface area contributed by atoms with Crippen LogP contribution >= 0.6 is 0 Å². The molecule has 0 bridgehead atoms. The van der Waals surface area contributed by atoms with Crippen LogP contribution in [0.4, 0.5) is 10.1 Å². The van der Waals surface area contributed by atoms with E-state index in [1.54, 1.807) is 70.4 Å². The van der Waals surface area contributed by atoms with Crippen LogP contribution in [0.5, 0.6) is 0 Å². The first-order valence-corrected chi connectivity index (χ1v) is 13.8. The van der Waals surface area contributed by atoms with Crippen molar-refractivity contribution < 1.29 is 14.0 Å². The molecule has 0 aliphatic rings. The third-order valence-electron chi connectivity index (χ3n) is 7.32. The molecule has 2 aromatic carbocycles. The fourth-order valence-corrected chi connectivity index (χ4v) is 4.95. The molecule has 5 aromatic rings. The maximum absolute atomic E-state index is 14.0. The molecular formula is C32H32FN7O3. The van der Waals surface area contributed by atoms with Crippen molar-refractivity contribution in [1.29, 1.82) is 0 Å². The lowest BCUT2D eigenvalue weighted by Crippen LogP contribution is -2.37. The third-order valence-corrected chi connectivity index (χ3v) is 7.32. The number of carbonyl (C=O) groups excluding carboxylic acids is 2. The zero-order valence-corrected chi connectivity index (χ0v) is 24.5. The second kappa shape index (κ2) is 12.0. The van der Waals surface area contributed by atoms with Crippen molar-refractivity contribution in [3.8, 4) is 17.1 Å². The number of nitrogens with zero attached hydrogens (tertiary/aromatic N) is 4. The Bertz CT molecular complexity index is 1930. The number of halogens is 1. The summed E-state index contributed by atoms with van der Waals surface area (Å²) in [5.41, 5.74) is 3.50. The standard InChI is InChI=1S/C32H32FN7O3/c1-18-16-39(28-11-9-23(33)14-25(18)28)29-15-24(36-20(3)37-29)17-40-27(21-7-6-8-22(13-21)31(42)35-5)12-10-26(32(40)43)38-30(41)19(2)34-4/h6-16,19,34H,17H2,1-5H3,(H,35,42)(H,38,41). The quantitative estimate of drug-likeness (QED) is 0.255. The van der Waals surface area contributed by atoms with E-state index in [-0.39, 0.29) is 29.9 Å². The topological polar surface area (TPSA) is 123 Å². The SMILES string of the molecule is CNC(=O)c1cccc(-c2ccc(NC(=O)C(C)NC)c(=O)n2Cc2cc(-n3cc(C)c4cc(F)ccc43)nc(C)n2)c1. The van der Waals surface area contributed by atoms with Gasteiger partial charge < -0.3 is 25.1 Å². The fourth-order valence-electron chi connectivity index (χ4n) is 4.95. The smallest absolute Gasteiger partial charge is 0.275 e. The van der Waals surface area contributed by atoms with Crippen LogP contribution in [-0.2, 0) is 11.3 Å². The molecule has 0 saturated heterocycles. The zero-order chi connectivity index (χ0) is 30.8. The van der Waals surface area contributed by atoms with E-state index in [0.717, 1.165) is 16.5 Å². The van der Waals surface area contributed by atoms with Crippen LogP contribution in [0, 0.1) is 19.7 Å². The minimum atomic E-state index is -0.517. The number of benzene rings is 2. The van der Waals surface area contributed by atoms with Gasteiger partial charge in [0.25, 0.3) is 11.5 Å². The number of pyridine rings is 1. The lowest BCUT2D eigenvalue weighted by molar-refractivity contribution is -0.117. The molecular weight excluding hydrogens is 549 g/mol. The van der Waals surface area contributed by atoms with Crippen molar-refractivity contribution in [2.75, 3.05) is 19.4 Å². The molecule has 3 N–H and O–H groups in total. The molecule has 11 heteroatoms. The molecule has 5 rings (SSSR count). The fraction of sp³-hybridized carbons (Fsp3) is 0.219. The number of amides is 2. The van der Waals surface area contributed by atoms with Gasteiger partial charge in [-0.1, -0.05) is 12.1 Å². The summed E-state index contributed by atoms with van der Waals surface area (Å²) < 4.78 is 17.3. The molecule has 0 aliphatic heterocycles. The number of rotatable bonds is 8. The van der Waals surface area contributed by atoms with Crippen LogP contribution in [0.25, 0.3) is 28.0 Å². The molecule has 0 radical (unpaired) electrons. The maximum atomic E-state index is 14.0. The normalized spacial score (nSPS) is 11.9. The van der Waals surface area contributed by atoms with Gasteiger partial charge in [-0.2, -0.15) is 0 Å². The summed E-state index contributed by atoms with van der Waals surface area (Å²) >= 11 is 0. The van der Waals surface area contributed by atoms with Crippen LogP contribution < -0.4 is 21.5 Å². The number of fused-ring (bicyclic) bond motifs is 1. The van der Waals surface area contributed by atoms with E-state index in [9.17, 15) is 18.8 Å². The van der Waals surface area contributed by atoms with E-state index >= 15 is 0 Å². The van der Waals surface area contributed by atoms with E-state index < -0.39 is 11.6 Å². The molecule has 0 fully saturated rings. The first-order valence-electron chi connectivity index (χ1n) is 13.8. The van der Waals surface area contributed by atoms with Crippen molar-refractivity contribution in [3.05, 3.63) is 106 Å². The molecule has 220 valence electrons. The van der Waals surface area contributed by atoms with E-state index in [0.29, 0.717) is 34.2 Å². The van der Waals surface area contributed by atoms with Gasteiger partial charge in [0.1, 0.15) is 23.1 Å². The van der Waals surface area contributed by atoms with Crippen molar-refractivity contribution in [2.45, 2.75) is 33.4 Å². The monoisotopic (exact) mass is 581 g/mol. The Morgan fingerprint density at radius 1 is 1.00 bits per heavy atom. The van der Waals surface area contributed by atoms with E-state index in [4.69, 9.17) is 0 Å². The second-order valence-corrected chi connectivity index (χ2v) is 10.3. The summed E-state index contributed by atoms with van der Waals surface area (Å²) in [5.74, 6) is 0.114. The summed E-state index contributed by atoms with van der Waals surface area (Å²) in [4.78, 5) is 48.1. The predicted molar refractivity (Wildman–Crippen MR) is 164 cm³/mol. The van der Waals surface area contributed by atoms with Crippen molar-refractivity contribution in [1.82, 2.24) is 29.7 Å². The predicted octanol–water partition coefficient (Wildman–Crippen LogP) is 3.96. The Kier molecular flexibility index (Phi) is 8.18. The van der Waals surface area contributed by atoms with Gasteiger partial charge in [0.15, 0.2) is 0 Å². The van der Waals surface area contributed by atoms with E-state index in [1.807, 2.05) is 23.8 Å². The van der Waals surface area contributed by atoms with Gasteiger partial charge in [0.2, 0.25) is 5.91 Å². The summed E-state index contributed by atoms with van der Waals surface area (Å²) in [7, 11) is 3.21. The van der Waals surface area contributed by atoms with Crippen LogP contribution in [0.2, 0.25) is 0 Å². The highest BCUT2D eigenvalue weighted by Gasteiger charge is 2.18. The minimum absolute atomic E-state index is 0.0484. The number of likely N-dealkylation sites (N-methyl/N-ethyl adjacent to an activating group) is 1. The van der Waals surface area contributed by atoms with Crippen LogP contribution in [0.15, 0.2) is 71.7 Å². The first kappa shape index (κ1) is 29.3. The van der Waals surface area contributed by atoms with Gasteiger partial charge in [0, 0.05) is 30.3 Å². The van der Waals surface area contributed by atoms with Crippen LogP contribution in [0.3, 0.4) is 0 Å². The van der Waals surface area contributed by atoms with Crippen molar-refractivity contribution in [3.63, 3.8) is 0 Å². The number of hydrogen-bond acceptors (Lipinski definition) is 6. The number of anilines is 1. The summed E-state index contributed by atoms with van der Waals surface area (Å²) in [6.07, 6.45) is 1.89. The largest absolute Gasteiger partial charge is 0.355 e. The number of carbonyl (C=O) groups is 2. The highest BCUT2D eigenvalue weighted by molar-refractivity contribution is 5.96. The van der Waals surface area contributed by atoms with Gasteiger partial charge in [0.05, 0.1) is 29.5 Å². The maximum Gasteiger partial charge on any atom is 0.275 e. The summed E-state index contributed by atoms with van der Waals surface area (Å²) in [5, 5.41) is 8.97. The summed E-state index contributed by atoms with van der Waals surface area (Å²) in [6.45, 7) is 5.41. The average Bonchev–Trinajstić information content (AvgIpc) is 3.33. The average molecular weight is 582 g/mol. The third kappa shape index (κ3) is 5.93. The molecule has 2 amide bonds. The Morgan fingerprint density at radius 2 is 1.79 bits per heavy atom. The van der Waals surface area contributed by atoms with E-state index in [1.165, 1.54) is 16.7 Å². The molecule has 43 heavy (non-hydrogen) atoms. The highest BCUT2D eigenvalue weighted by Crippen LogP contribution is 2.26. The molecule has 0 saturated carbocycles. The van der Waals surface area contributed by atoms with Crippen molar-refractivity contribution >= 4 is 28.4 Å². The lowest BCUT2D eigenvalue weighted by atomic mass is 10.1. The van der Waals surface area contributed by atoms with Gasteiger partial charge in [-0.05, 0) is 81.4 Å². The van der Waals surface area contributed by atoms with Gasteiger partial charge in [-0.15, -0.1) is 0 Å². The molecule has 1 unspecified atom stereocenters. The lowest BCUT2D eigenvalue weighted by Gasteiger charge is -2.17. The number of aryl methyl sites for hydroxylation is 2. The molecule has 1 atom stereocenters. The zero-order valence-electron chi connectivity index (χ0n) is 24.5. The minimum Gasteiger partial charge on any atom is -0.355 e.